The van der Waals surface area contributed by atoms with Gasteiger partial charge in [0.1, 0.15) is 11.6 Å². The third-order valence-corrected chi connectivity index (χ3v) is 3.58. The minimum absolute atomic E-state index is 0.671. The minimum atomic E-state index is 0.671. The van der Waals surface area contributed by atoms with E-state index in [-0.39, 0.29) is 0 Å². The quantitative estimate of drug-likeness (QED) is 0.438. The van der Waals surface area contributed by atoms with Crippen molar-refractivity contribution in [1.82, 2.24) is 15.6 Å². The first kappa shape index (κ1) is 18.6. The molecule has 0 fully saturated rings. The van der Waals surface area contributed by atoms with E-state index in [1.165, 1.54) is 0 Å². The van der Waals surface area contributed by atoms with Gasteiger partial charge >= 0.3 is 0 Å². The van der Waals surface area contributed by atoms with Crippen LogP contribution in [0.15, 0.2) is 53.7 Å². The number of ether oxygens (including phenoxy) is 1. The summed E-state index contributed by atoms with van der Waals surface area (Å²) in [5.41, 5.74) is 1.16. The summed E-state index contributed by atoms with van der Waals surface area (Å²) in [6, 6.07) is 13.9. The van der Waals surface area contributed by atoms with Crippen molar-refractivity contribution in [1.29, 1.82) is 0 Å². The molecule has 0 saturated carbocycles. The Morgan fingerprint density at radius 2 is 1.96 bits per heavy atom. The molecule has 1 aromatic carbocycles. The Morgan fingerprint density at radius 1 is 1.16 bits per heavy atom. The van der Waals surface area contributed by atoms with E-state index in [1.807, 2.05) is 61.6 Å². The molecule has 0 atom stereocenters. The van der Waals surface area contributed by atoms with Crippen LogP contribution < -0.4 is 20.3 Å². The van der Waals surface area contributed by atoms with Crippen molar-refractivity contribution in [2.24, 2.45) is 4.99 Å². The summed E-state index contributed by atoms with van der Waals surface area (Å²) in [4.78, 5) is 10.6. The molecule has 0 saturated heterocycles. The molecule has 0 radical (unpaired) electrons. The van der Waals surface area contributed by atoms with Gasteiger partial charge < -0.3 is 20.3 Å². The van der Waals surface area contributed by atoms with Gasteiger partial charge in [-0.15, -0.1) is 0 Å². The summed E-state index contributed by atoms with van der Waals surface area (Å²) < 4.78 is 5.67. The highest BCUT2D eigenvalue weighted by Gasteiger charge is 2.01. The van der Waals surface area contributed by atoms with E-state index in [9.17, 15) is 0 Å². The summed E-state index contributed by atoms with van der Waals surface area (Å²) in [6.07, 6.45) is 2.72. The van der Waals surface area contributed by atoms with E-state index in [1.54, 1.807) is 7.05 Å². The Hall–Kier alpha value is -2.76. The predicted octanol–water partition coefficient (Wildman–Crippen LogP) is 2.28. The molecule has 25 heavy (non-hydrogen) atoms. The lowest BCUT2D eigenvalue weighted by Gasteiger charge is -2.14. The monoisotopic (exact) mass is 341 g/mol. The number of anilines is 1. The SMILES string of the molecule is CN=C(NCCCOc1ccccc1)NCc1ccnc(N(C)C)c1. The highest BCUT2D eigenvalue weighted by atomic mass is 16.5. The maximum absolute atomic E-state index is 5.67. The first-order valence-electron chi connectivity index (χ1n) is 8.43. The molecule has 2 rings (SSSR count). The minimum Gasteiger partial charge on any atom is -0.494 e. The third kappa shape index (κ3) is 6.71. The van der Waals surface area contributed by atoms with Gasteiger partial charge in [-0.05, 0) is 36.2 Å². The molecule has 134 valence electrons. The van der Waals surface area contributed by atoms with Crippen molar-refractivity contribution in [3.8, 4) is 5.75 Å². The molecule has 6 nitrogen and oxygen atoms in total. The fourth-order valence-electron chi connectivity index (χ4n) is 2.21. The average Bonchev–Trinajstić information content (AvgIpc) is 2.65. The zero-order chi connectivity index (χ0) is 17.9. The Morgan fingerprint density at radius 3 is 2.68 bits per heavy atom. The molecule has 2 aromatic rings. The molecular formula is C19H27N5O. The molecule has 0 unspecified atom stereocenters. The number of nitrogens with zero attached hydrogens (tertiary/aromatic N) is 3. The molecule has 1 heterocycles. The van der Waals surface area contributed by atoms with Crippen molar-refractivity contribution in [2.75, 3.05) is 39.2 Å². The normalized spacial score (nSPS) is 11.1. The number of aromatic nitrogens is 1. The zero-order valence-corrected chi connectivity index (χ0v) is 15.2. The topological polar surface area (TPSA) is 61.8 Å². The molecule has 0 aliphatic carbocycles. The maximum atomic E-state index is 5.67. The number of para-hydroxylation sites is 1. The Kier molecular flexibility index (Phi) is 7.56. The van der Waals surface area contributed by atoms with E-state index in [0.717, 1.165) is 36.1 Å². The number of benzene rings is 1. The Balaban J connectivity index is 1.67. The van der Waals surface area contributed by atoms with Crippen LogP contribution in [-0.4, -0.2) is 45.2 Å². The highest BCUT2D eigenvalue weighted by Crippen LogP contribution is 2.09. The summed E-state index contributed by atoms with van der Waals surface area (Å²) in [7, 11) is 5.74. The first-order chi connectivity index (χ1) is 12.2. The second-order valence-corrected chi connectivity index (χ2v) is 5.78. The van der Waals surface area contributed by atoms with Gasteiger partial charge in [-0.2, -0.15) is 0 Å². The second kappa shape index (κ2) is 10.2. The largest absolute Gasteiger partial charge is 0.494 e. The van der Waals surface area contributed by atoms with Crippen LogP contribution in [0.4, 0.5) is 5.82 Å². The molecule has 0 aliphatic rings. The van der Waals surface area contributed by atoms with Crippen molar-refractivity contribution in [3.05, 3.63) is 54.2 Å². The molecule has 1 aromatic heterocycles. The number of guanidine groups is 1. The summed E-state index contributed by atoms with van der Waals surface area (Å²) in [6.45, 7) is 2.17. The van der Waals surface area contributed by atoms with Gasteiger partial charge in [0.05, 0.1) is 6.61 Å². The average molecular weight is 341 g/mol. The fraction of sp³-hybridized carbons (Fsp3) is 0.368. The molecule has 0 spiro atoms. The lowest BCUT2D eigenvalue weighted by molar-refractivity contribution is 0.311. The first-order valence-corrected chi connectivity index (χ1v) is 8.43. The summed E-state index contributed by atoms with van der Waals surface area (Å²) in [5.74, 6) is 2.63. The van der Waals surface area contributed by atoms with Crippen LogP contribution in [0.5, 0.6) is 5.75 Å². The van der Waals surface area contributed by atoms with Gasteiger partial charge in [0.15, 0.2) is 5.96 Å². The maximum Gasteiger partial charge on any atom is 0.191 e. The molecule has 2 N–H and O–H groups in total. The Labute approximate surface area is 149 Å². The van der Waals surface area contributed by atoms with Crippen molar-refractivity contribution in [3.63, 3.8) is 0 Å². The molecule has 0 aliphatic heterocycles. The van der Waals surface area contributed by atoms with Gasteiger partial charge in [-0.3, -0.25) is 4.99 Å². The highest BCUT2D eigenvalue weighted by molar-refractivity contribution is 5.79. The number of hydrogen-bond donors (Lipinski definition) is 2. The third-order valence-electron chi connectivity index (χ3n) is 3.58. The lowest BCUT2D eigenvalue weighted by Crippen LogP contribution is -2.37. The van der Waals surface area contributed by atoms with E-state index in [4.69, 9.17) is 4.74 Å². The van der Waals surface area contributed by atoms with E-state index in [0.29, 0.717) is 13.2 Å². The molecule has 0 bridgehead atoms. The number of hydrogen-bond acceptors (Lipinski definition) is 4. The van der Waals surface area contributed by atoms with Crippen LogP contribution in [0, 0.1) is 0 Å². The number of rotatable bonds is 8. The number of aliphatic imine (C=N–C) groups is 1. The second-order valence-electron chi connectivity index (χ2n) is 5.78. The van der Waals surface area contributed by atoms with Gasteiger partial charge in [0.25, 0.3) is 0 Å². The van der Waals surface area contributed by atoms with Crippen LogP contribution in [-0.2, 0) is 6.54 Å². The van der Waals surface area contributed by atoms with Gasteiger partial charge in [-0.25, -0.2) is 4.98 Å². The van der Waals surface area contributed by atoms with E-state index < -0.39 is 0 Å². The number of pyridine rings is 1. The van der Waals surface area contributed by atoms with Gasteiger partial charge in [0, 0.05) is 40.4 Å². The smallest absolute Gasteiger partial charge is 0.191 e. The lowest BCUT2D eigenvalue weighted by atomic mass is 10.2. The van der Waals surface area contributed by atoms with Crippen LogP contribution in [0.2, 0.25) is 0 Å². The summed E-state index contributed by atoms with van der Waals surface area (Å²) in [5, 5.41) is 6.61. The number of nitrogens with one attached hydrogen (secondary N) is 2. The van der Waals surface area contributed by atoms with Crippen LogP contribution >= 0.6 is 0 Å². The standard InChI is InChI=1S/C19H27N5O/c1-20-19(22-11-7-13-25-17-8-5-4-6-9-17)23-15-16-10-12-21-18(14-16)24(2)3/h4-6,8-10,12,14H,7,11,13,15H2,1-3H3,(H2,20,22,23). The molecular weight excluding hydrogens is 314 g/mol. The van der Waals surface area contributed by atoms with Gasteiger partial charge in [-0.1, -0.05) is 18.2 Å². The fourth-order valence-corrected chi connectivity index (χ4v) is 2.21. The zero-order valence-electron chi connectivity index (χ0n) is 15.2. The predicted molar refractivity (Wildman–Crippen MR) is 103 cm³/mol. The summed E-state index contributed by atoms with van der Waals surface area (Å²) >= 11 is 0. The van der Waals surface area contributed by atoms with Crippen LogP contribution in [0.1, 0.15) is 12.0 Å². The van der Waals surface area contributed by atoms with Crippen molar-refractivity contribution < 1.29 is 4.74 Å². The Bertz CT molecular complexity index is 658. The molecule has 6 heteroatoms. The van der Waals surface area contributed by atoms with Crippen molar-refractivity contribution >= 4 is 11.8 Å². The van der Waals surface area contributed by atoms with Gasteiger partial charge in [0.2, 0.25) is 0 Å². The molecule has 0 amide bonds. The van der Waals surface area contributed by atoms with Crippen LogP contribution in [0.25, 0.3) is 0 Å². The van der Waals surface area contributed by atoms with E-state index >= 15 is 0 Å². The van der Waals surface area contributed by atoms with Crippen molar-refractivity contribution in [2.45, 2.75) is 13.0 Å². The van der Waals surface area contributed by atoms with E-state index in [2.05, 4.69) is 26.7 Å². The van der Waals surface area contributed by atoms with Crippen LogP contribution in [0.3, 0.4) is 0 Å².